The van der Waals surface area contributed by atoms with Gasteiger partial charge in [0.2, 0.25) is 5.91 Å². The summed E-state index contributed by atoms with van der Waals surface area (Å²) in [7, 11) is 0. The first-order valence-corrected chi connectivity index (χ1v) is 7.04. The van der Waals surface area contributed by atoms with Crippen molar-refractivity contribution in [3.8, 4) is 5.75 Å². The molecule has 0 saturated heterocycles. The van der Waals surface area contributed by atoms with E-state index in [2.05, 4.69) is 11.9 Å². The number of nitrogens with one attached hydrogen (secondary N) is 1. The van der Waals surface area contributed by atoms with Crippen LogP contribution in [0.5, 0.6) is 5.75 Å². The van der Waals surface area contributed by atoms with Gasteiger partial charge in [-0.25, -0.2) is 4.79 Å². The van der Waals surface area contributed by atoms with E-state index in [0.717, 1.165) is 11.3 Å². The van der Waals surface area contributed by atoms with Gasteiger partial charge in [-0.3, -0.25) is 4.79 Å². The third kappa shape index (κ3) is 5.83. The number of carbonyl (C=O) groups excluding carboxylic acids is 1. The topological polar surface area (TPSA) is 75.6 Å². The van der Waals surface area contributed by atoms with Gasteiger partial charge < -0.3 is 15.2 Å². The van der Waals surface area contributed by atoms with Crippen molar-refractivity contribution in [1.82, 2.24) is 5.32 Å². The fraction of sp³-hybridized carbons (Fsp3) is 0.294. The van der Waals surface area contributed by atoms with Crippen LogP contribution in [0.4, 0.5) is 0 Å². The van der Waals surface area contributed by atoms with Crippen LogP contribution in [0.25, 0.3) is 6.08 Å². The molecular weight excluding hydrogens is 282 g/mol. The summed E-state index contributed by atoms with van der Waals surface area (Å²) in [5.41, 5.74) is 1.39. The van der Waals surface area contributed by atoms with E-state index in [0.29, 0.717) is 12.2 Å². The SMILES string of the molecule is C=C(C)C(=O)NCC/C(=C\c1ccc(OCC)cc1)C(=O)O. The predicted molar refractivity (Wildman–Crippen MR) is 85.7 cm³/mol. The minimum atomic E-state index is -1.00. The average molecular weight is 303 g/mol. The van der Waals surface area contributed by atoms with E-state index in [-0.39, 0.29) is 24.4 Å². The Hall–Kier alpha value is -2.56. The molecule has 1 rings (SSSR count). The summed E-state index contributed by atoms with van der Waals surface area (Å²) in [6.45, 7) is 7.86. The molecule has 0 unspecified atom stereocenters. The molecule has 0 aliphatic heterocycles. The van der Waals surface area contributed by atoms with E-state index >= 15 is 0 Å². The van der Waals surface area contributed by atoms with Crippen molar-refractivity contribution in [3.05, 3.63) is 47.6 Å². The van der Waals surface area contributed by atoms with Crippen molar-refractivity contribution < 1.29 is 19.4 Å². The first-order chi connectivity index (χ1) is 10.4. The molecule has 22 heavy (non-hydrogen) atoms. The minimum absolute atomic E-state index is 0.228. The fourth-order valence-corrected chi connectivity index (χ4v) is 1.73. The molecule has 0 fully saturated rings. The van der Waals surface area contributed by atoms with Crippen molar-refractivity contribution >= 4 is 18.0 Å². The van der Waals surface area contributed by atoms with Crippen LogP contribution in [-0.2, 0) is 9.59 Å². The maximum Gasteiger partial charge on any atom is 0.331 e. The molecule has 0 aliphatic rings. The van der Waals surface area contributed by atoms with Crippen LogP contribution < -0.4 is 10.1 Å². The van der Waals surface area contributed by atoms with Gasteiger partial charge in [0.1, 0.15) is 5.75 Å². The third-order valence-electron chi connectivity index (χ3n) is 2.87. The van der Waals surface area contributed by atoms with Crippen LogP contribution in [0.3, 0.4) is 0 Å². The molecule has 0 aliphatic carbocycles. The van der Waals surface area contributed by atoms with Crippen molar-refractivity contribution in [2.75, 3.05) is 13.2 Å². The van der Waals surface area contributed by atoms with Gasteiger partial charge in [-0.1, -0.05) is 18.7 Å². The molecule has 2 N–H and O–H groups in total. The van der Waals surface area contributed by atoms with Gasteiger partial charge in [0.05, 0.1) is 6.61 Å². The van der Waals surface area contributed by atoms with Crippen molar-refractivity contribution in [2.45, 2.75) is 20.3 Å². The van der Waals surface area contributed by atoms with Gasteiger partial charge in [-0.15, -0.1) is 0 Å². The lowest BCUT2D eigenvalue weighted by atomic mass is 10.1. The Labute approximate surface area is 130 Å². The Morgan fingerprint density at radius 1 is 1.32 bits per heavy atom. The Balaban J connectivity index is 2.71. The fourth-order valence-electron chi connectivity index (χ4n) is 1.73. The van der Waals surface area contributed by atoms with Gasteiger partial charge in [0.15, 0.2) is 0 Å². The van der Waals surface area contributed by atoms with E-state index in [1.54, 1.807) is 37.3 Å². The largest absolute Gasteiger partial charge is 0.494 e. The van der Waals surface area contributed by atoms with Gasteiger partial charge in [0, 0.05) is 17.7 Å². The molecule has 5 heteroatoms. The quantitative estimate of drug-likeness (QED) is 0.724. The van der Waals surface area contributed by atoms with Crippen LogP contribution in [0.2, 0.25) is 0 Å². The van der Waals surface area contributed by atoms with Crippen LogP contribution in [0.1, 0.15) is 25.8 Å². The highest BCUT2D eigenvalue weighted by Crippen LogP contribution is 2.15. The van der Waals surface area contributed by atoms with Gasteiger partial charge in [0.25, 0.3) is 0 Å². The highest BCUT2D eigenvalue weighted by atomic mass is 16.5. The number of hydrogen-bond acceptors (Lipinski definition) is 3. The number of amides is 1. The molecule has 0 heterocycles. The second-order valence-corrected chi connectivity index (χ2v) is 4.76. The Bertz CT molecular complexity index is 573. The standard InChI is InChI=1S/C17H21NO4/c1-4-22-15-7-5-13(6-8-15)11-14(17(20)21)9-10-18-16(19)12(2)3/h5-8,11H,2,4,9-10H2,1,3H3,(H,18,19)(H,20,21)/b14-11+. The van der Waals surface area contributed by atoms with Gasteiger partial charge >= 0.3 is 5.97 Å². The lowest BCUT2D eigenvalue weighted by Crippen LogP contribution is -2.25. The van der Waals surface area contributed by atoms with Crippen LogP contribution >= 0.6 is 0 Å². The number of benzene rings is 1. The first kappa shape index (κ1) is 17.5. The molecule has 118 valence electrons. The zero-order chi connectivity index (χ0) is 16.5. The normalized spacial score (nSPS) is 10.9. The molecule has 0 bridgehead atoms. The highest BCUT2D eigenvalue weighted by molar-refractivity contribution is 5.93. The Morgan fingerprint density at radius 2 is 1.95 bits per heavy atom. The second kappa shape index (κ2) is 8.67. The van der Waals surface area contributed by atoms with E-state index in [4.69, 9.17) is 4.74 Å². The number of carboxylic acid groups (broad SMARTS) is 1. The number of aliphatic carboxylic acids is 1. The van der Waals surface area contributed by atoms with E-state index in [1.807, 2.05) is 6.92 Å². The van der Waals surface area contributed by atoms with Crippen molar-refractivity contribution in [1.29, 1.82) is 0 Å². The van der Waals surface area contributed by atoms with Gasteiger partial charge in [-0.2, -0.15) is 0 Å². The summed E-state index contributed by atoms with van der Waals surface area (Å²) in [6.07, 6.45) is 1.83. The van der Waals surface area contributed by atoms with Gasteiger partial charge in [-0.05, 0) is 44.0 Å². The smallest absolute Gasteiger partial charge is 0.331 e. The number of hydrogen-bond donors (Lipinski definition) is 2. The van der Waals surface area contributed by atoms with Crippen molar-refractivity contribution in [2.24, 2.45) is 0 Å². The van der Waals surface area contributed by atoms with E-state index < -0.39 is 5.97 Å². The summed E-state index contributed by atoms with van der Waals surface area (Å²) in [5.74, 6) is -0.533. The molecule has 0 atom stereocenters. The maximum atomic E-state index is 11.4. The predicted octanol–water partition coefficient (Wildman–Crippen LogP) is 2.64. The maximum absolute atomic E-state index is 11.4. The van der Waals surface area contributed by atoms with Crippen LogP contribution in [0.15, 0.2) is 42.0 Å². The summed E-state index contributed by atoms with van der Waals surface area (Å²) in [4.78, 5) is 22.6. The number of ether oxygens (including phenoxy) is 1. The summed E-state index contributed by atoms with van der Waals surface area (Å²) in [6, 6.07) is 7.16. The average Bonchev–Trinajstić information content (AvgIpc) is 2.47. The Morgan fingerprint density at radius 3 is 2.45 bits per heavy atom. The number of carboxylic acids is 1. The zero-order valence-electron chi connectivity index (χ0n) is 12.9. The molecule has 0 spiro atoms. The highest BCUT2D eigenvalue weighted by Gasteiger charge is 2.09. The molecular formula is C17H21NO4. The van der Waals surface area contributed by atoms with Crippen molar-refractivity contribution in [3.63, 3.8) is 0 Å². The van der Waals surface area contributed by atoms with Crippen LogP contribution in [0, 0.1) is 0 Å². The summed E-state index contributed by atoms with van der Waals surface area (Å²) in [5, 5.41) is 11.8. The van der Waals surface area contributed by atoms with E-state index in [9.17, 15) is 14.7 Å². The summed E-state index contributed by atoms with van der Waals surface area (Å²) < 4.78 is 5.33. The summed E-state index contributed by atoms with van der Waals surface area (Å²) >= 11 is 0. The second-order valence-electron chi connectivity index (χ2n) is 4.76. The molecule has 1 aromatic carbocycles. The number of rotatable bonds is 8. The lowest BCUT2D eigenvalue weighted by molar-refractivity contribution is -0.132. The zero-order valence-corrected chi connectivity index (χ0v) is 12.9. The molecule has 0 radical (unpaired) electrons. The van der Waals surface area contributed by atoms with E-state index in [1.165, 1.54) is 0 Å². The molecule has 1 amide bonds. The minimum Gasteiger partial charge on any atom is -0.494 e. The lowest BCUT2D eigenvalue weighted by Gasteiger charge is -2.06. The molecule has 0 aromatic heterocycles. The van der Waals surface area contributed by atoms with Crippen LogP contribution in [-0.4, -0.2) is 30.1 Å². The number of carbonyl (C=O) groups is 2. The Kier molecular flexibility index (Phi) is 6.89. The molecule has 0 saturated carbocycles. The monoisotopic (exact) mass is 303 g/mol. The third-order valence-corrected chi connectivity index (χ3v) is 2.87. The first-order valence-electron chi connectivity index (χ1n) is 7.04. The molecule has 5 nitrogen and oxygen atoms in total. The molecule has 1 aromatic rings.